The van der Waals surface area contributed by atoms with E-state index in [0.717, 1.165) is 25.9 Å². The van der Waals surface area contributed by atoms with Crippen molar-refractivity contribution in [2.75, 3.05) is 18.4 Å². The molecular weight excluding hydrogens is 216 g/mol. The lowest BCUT2D eigenvalue weighted by molar-refractivity contribution is 0.200. The fourth-order valence-electron chi connectivity index (χ4n) is 2.05. The van der Waals surface area contributed by atoms with Crippen LogP contribution < -0.4 is 5.32 Å². The molecule has 1 aromatic rings. The van der Waals surface area contributed by atoms with Crippen LogP contribution in [0.4, 0.5) is 10.5 Å². The Hall–Kier alpha value is -1.71. The van der Waals surface area contributed by atoms with Gasteiger partial charge in [0, 0.05) is 24.3 Å². The van der Waals surface area contributed by atoms with Crippen LogP contribution in [0.5, 0.6) is 5.75 Å². The largest absolute Gasteiger partial charge is 0.508 e. The van der Waals surface area contributed by atoms with Crippen LogP contribution in [0.25, 0.3) is 0 Å². The lowest BCUT2D eigenvalue weighted by atomic mass is 10.1. The monoisotopic (exact) mass is 234 g/mol. The van der Waals surface area contributed by atoms with Crippen LogP contribution in [0.3, 0.4) is 0 Å². The Morgan fingerprint density at radius 1 is 1.29 bits per heavy atom. The first-order valence-electron chi connectivity index (χ1n) is 6.03. The highest BCUT2D eigenvalue weighted by Crippen LogP contribution is 2.24. The van der Waals surface area contributed by atoms with Gasteiger partial charge in [0.2, 0.25) is 0 Å². The summed E-state index contributed by atoms with van der Waals surface area (Å²) in [6, 6.07) is 5.08. The summed E-state index contributed by atoms with van der Waals surface area (Å²) < 4.78 is 0. The normalized spacial score (nSPS) is 15.7. The average Bonchev–Trinajstić information content (AvgIpc) is 2.36. The maximum absolute atomic E-state index is 12.0. The molecular formula is C13H18N2O2. The Balaban J connectivity index is 2.04. The van der Waals surface area contributed by atoms with Gasteiger partial charge in [0.15, 0.2) is 0 Å². The van der Waals surface area contributed by atoms with E-state index in [9.17, 15) is 9.90 Å². The molecule has 0 radical (unpaired) electrons. The zero-order valence-electron chi connectivity index (χ0n) is 10.1. The number of hydrogen-bond donors (Lipinski definition) is 2. The maximum Gasteiger partial charge on any atom is 0.321 e. The average molecular weight is 234 g/mol. The predicted octanol–water partition coefficient (Wildman–Crippen LogP) is 2.72. The molecule has 0 spiro atoms. The summed E-state index contributed by atoms with van der Waals surface area (Å²) in [5.41, 5.74) is 1.39. The molecule has 2 amide bonds. The van der Waals surface area contributed by atoms with Gasteiger partial charge in [0.1, 0.15) is 5.75 Å². The number of likely N-dealkylation sites (tertiary alicyclic amines) is 1. The molecule has 0 atom stereocenters. The molecule has 1 fully saturated rings. The molecule has 1 aliphatic rings. The Morgan fingerprint density at radius 2 is 2.00 bits per heavy atom. The highest BCUT2D eigenvalue weighted by Gasteiger charge is 2.17. The third-order valence-electron chi connectivity index (χ3n) is 3.19. The second kappa shape index (κ2) is 5.08. The van der Waals surface area contributed by atoms with Crippen molar-refractivity contribution in [3.63, 3.8) is 0 Å². The molecule has 4 nitrogen and oxygen atoms in total. The highest BCUT2D eigenvalue weighted by molar-refractivity contribution is 5.90. The molecule has 4 heteroatoms. The number of piperidine rings is 1. The minimum Gasteiger partial charge on any atom is -0.508 e. The van der Waals surface area contributed by atoms with Crippen LogP contribution in [-0.4, -0.2) is 29.1 Å². The van der Waals surface area contributed by atoms with E-state index >= 15 is 0 Å². The molecule has 0 saturated carbocycles. The van der Waals surface area contributed by atoms with E-state index in [1.54, 1.807) is 25.1 Å². The number of benzene rings is 1. The van der Waals surface area contributed by atoms with Gasteiger partial charge in [-0.1, -0.05) is 6.07 Å². The summed E-state index contributed by atoms with van der Waals surface area (Å²) in [4.78, 5) is 13.8. The molecule has 2 N–H and O–H groups in total. The zero-order chi connectivity index (χ0) is 12.3. The number of carbonyl (C=O) groups is 1. The quantitative estimate of drug-likeness (QED) is 0.785. The molecule has 0 aliphatic carbocycles. The molecule has 0 unspecified atom stereocenters. The second-order valence-electron chi connectivity index (χ2n) is 4.43. The van der Waals surface area contributed by atoms with Crippen LogP contribution in [0.2, 0.25) is 0 Å². The first kappa shape index (κ1) is 11.8. The first-order chi connectivity index (χ1) is 8.18. The molecule has 17 heavy (non-hydrogen) atoms. The number of anilines is 1. The van der Waals surface area contributed by atoms with Crippen molar-refractivity contribution in [3.05, 3.63) is 23.8 Å². The summed E-state index contributed by atoms with van der Waals surface area (Å²) in [7, 11) is 0. The fourth-order valence-corrected chi connectivity index (χ4v) is 2.05. The van der Waals surface area contributed by atoms with Crippen LogP contribution in [-0.2, 0) is 0 Å². The predicted molar refractivity (Wildman–Crippen MR) is 67.3 cm³/mol. The number of amides is 2. The summed E-state index contributed by atoms with van der Waals surface area (Å²) in [5, 5.41) is 12.4. The number of rotatable bonds is 1. The van der Waals surface area contributed by atoms with Gasteiger partial charge < -0.3 is 15.3 Å². The van der Waals surface area contributed by atoms with Gasteiger partial charge in [-0.2, -0.15) is 0 Å². The van der Waals surface area contributed by atoms with Gasteiger partial charge >= 0.3 is 6.03 Å². The lowest BCUT2D eigenvalue weighted by Crippen LogP contribution is -2.38. The molecule has 0 bridgehead atoms. The number of carbonyl (C=O) groups excluding carboxylic acids is 1. The molecule has 1 heterocycles. The first-order valence-corrected chi connectivity index (χ1v) is 6.03. The molecule has 0 aromatic heterocycles. The SMILES string of the molecule is Cc1c(O)cccc1NC(=O)N1CCCCC1. The van der Waals surface area contributed by atoms with E-state index in [-0.39, 0.29) is 11.8 Å². The van der Waals surface area contributed by atoms with E-state index in [1.807, 2.05) is 4.90 Å². The van der Waals surface area contributed by atoms with E-state index in [2.05, 4.69) is 5.32 Å². The lowest BCUT2D eigenvalue weighted by Gasteiger charge is -2.27. The van der Waals surface area contributed by atoms with Gasteiger partial charge in [-0.25, -0.2) is 4.79 Å². The molecule has 1 aliphatic heterocycles. The second-order valence-corrected chi connectivity index (χ2v) is 4.43. The van der Waals surface area contributed by atoms with Crippen molar-refractivity contribution in [2.45, 2.75) is 26.2 Å². The van der Waals surface area contributed by atoms with Gasteiger partial charge in [0.25, 0.3) is 0 Å². The number of phenolic OH excluding ortho intramolecular Hbond substituents is 1. The molecule has 92 valence electrons. The number of nitrogens with zero attached hydrogens (tertiary/aromatic N) is 1. The number of nitrogens with one attached hydrogen (secondary N) is 1. The van der Waals surface area contributed by atoms with Crippen LogP contribution in [0.1, 0.15) is 24.8 Å². The Bertz CT molecular complexity index is 412. The van der Waals surface area contributed by atoms with E-state index in [1.165, 1.54) is 6.42 Å². The van der Waals surface area contributed by atoms with Crippen molar-refractivity contribution in [1.82, 2.24) is 4.90 Å². The van der Waals surface area contributed by atoms with Crippen molar-refractivity contribution in [2.24, 2.45) is 0 Å². The van der Waals surface area contributed by atoms with Crippen LogP contribution in [0, 0.1) is 6.92 Å². The van der Waals surface area contributed by atoms with Crippen LogP contribution >= 0.6 is 0 Å². The number of aromatic hydroxyl groups is 1. The number of phenols is 1. The maximum atomic E-state index is 12.0. The minimum atomic E-state index is -0.0709. The van der Waals surface area contributed by atoms with Crippen molar-refractivity contribution in [3.8, 4) is 5.75 Å². The topological polar surface area (TPSA) is 52.6 Å². The zero-order valence-corrected chi connectivity index (χ0v) is 10.1. The van der Waals surface area contributed by atoms with Crippen LogP contribution in [0.15, 0.2) is 18.2 Å². The van der Waals surface area contributed by atoms with Crippen molar-refractivity contribution >= 4 is 11.7 Å². The number of hydrogen-bond acceptors (Lipinski definition) is 2. The molecule has 1 saturated heterocycles. The van der Waals surface area contributed by atoms with Crippen molar-refractivity contribution in [1.29, 1.82) is 0 Å². The van der Waals surface area contributed by atoms with Gasteiger partial charge in [-0.3, -0.25) is 0 Å². The summed E-state index contributed by atoms with van der Waals surface area (Å²) in [6.07, 6.45) is 3.35. The molecule has 2 rings (SSSR count). The fraction of sp³-hybridized carbons (Fsp3) is 0.462. The number of urea groups is 1. The highest BCUT2D eigenvalue weighted by atomic mass is 16.3. The van der Waals surface area contributed by atoms with Gasteiger partial charge in [-0.05, 0) is 38.3 Å². The third kappa shape index (κ3) is 2.70. The van der Waals surface area contributed by atoms with Gasteiger partial charge in [-0.15, -0.1) is 0 Å². The summed E-state index contributed by atoms with van der Waals surface area (Å²) in [5.74, 6) is 0.210. The smallest absolute Gasteiger partial charge is 0.321 e. The standard InChI is InChI=1S/C13H18N2O2/c1-10-11(6-5-7-12(10)16)14-13(17)15-8-3-2-4-9-15/h5-7,16H,2-4,8-9H2,1H3,(H,14,17). The molecule has 1 aromatic carbocycles. The van der Waals surface area contributed by atoms with E-state index in [0.29, 0.717) is 11.3 Å². The minimum absolute atomic E-state index is 0.0709. The third-order valence-corrected chi connectivity index (χ3v) is 3.19. The van der Waals surface area contributed by atoms with E-state index < -0.39 is 0 Å². The summed E-state index contributed by atoms with van der Waals surface area (Å²) >= 11 is 0. The van der Waals surface area contributed by atoms with Crippen molar-refractivity contribution < 1.29 is 9.90 Å². The van der Waals surface area contributed by atoms with Gasteiger partial charge in [0.05, 0.1) is 0 Å². The Kier molecular flexibility index (Phi) is 3.52. The Morgan fingerprint density at radius 3 is 2.71 bits per heavy atom. The Labute approximate surface area is 101 Å². The van der Waals surface area contributed by atoms with E-state index in [4.69, 9.17) is 0 Å². The summed E-state index contributed by atoms with van der Waals surface area (Å²) in [6.45, 7) is 3.44.